The molecule has 1 aromatic heterocycles. The summed E-state index contributed by atoms with van der Waals surface area (Å²) in [5.74, 6) is -0.00954. The minimum Gasteiger partial charge on any atom is -0.293 e. The Morgan fingerprint density at radius 1 is 1.12 bits per heavy atom. The average Bonchev–Trinajstić information content (AvgIpc) is 2.39. The molecule has 80 valence electrons. The number of carbonyl (C=O) groups is 1. The summed E-state index contributed by atoms with van der Waals surface area (Å²) in [5.41, 5.74) is 1.70. The van der Waals surface area contributed by atoms with Gasteiger partial charge in [0, 0.05) is 23.9 Å². The highest BCUT2D eigenvalue weighted by Gasteiger charge is 2.16. The summed E-state index contributed by atoms with van der Waals surface area (Å²) in [5, 5.41) is 0. The molecule has 1 aromatic carbocycles. The smallest absolute Gasteiger partial charge is 0.171 e. The lowest BCUT2D eigenvalue weighted by atomic mass is 9.93. The summed E-state index contributed by atoms with van der Waals surface area (Å²) >= 11 is 0. The molecule has 0 spiro atoms. The van der Waals surface area contributed by atoms with E-state index in [0.29, 0.717) is 5.56 Å². The summed E-state index contributed by atoms with van der Waals surface area (Å²) in [4.78, 5) is 16.1. The van der Waals surface area contributed by atoms with Gasteiger partial charge >= 0.3 is 0 Å². The van der Waals surface area contributed by atoms with Crippen LogP contribution >= 0.6 is 0 Å². The molecular weight excluding hydrogens is 198 g/mol. The Balaban J connectivity index is 2.24. The highest BCUT2D eigenvalue weighted by atomic mass is 16.1. The lowest BCUT2D eigenvalue weighted by Crippen LogP contribution is -2.09. The van der Waals surface area contributed by atoms with Crippen molar-refractivity contribution >= 4 is 5.78 Å². The quantitative estimate of drug-likeness (QED) is 0.730. The second-order valence-corrected chi connectivity index (χ2v) is 3.74. The Hall–Kier alpha value is -1.96. The van der Waals surface area contributed by atoms with E-state index < -0.39 is 0 Å². The predicted molar refractivity (Wildman–Crippen MR) is 63.4 cm³/mol. The first-order valence-corrected chi connectivity index (χ1v) is 5.28. The maximum absolute atomic E-state index is 12.1. The molecule has 0 N–H and O–H groups in total. The van der Waals surface area contributed by atoms with Crippen molar-refractivity contribution in [1.82, 2.24) is 4.98 Å². The van der Waals surface area contributed by atoms with E-state index in [1.807, 2.05) is 37.3 Å². The molecule has 0 aliphatic rings. The normalized spacial score (nSPS) is 12.1. The second-order valence-electron chi connectivity index (χ2n) is 3.74. The van der Waals surface area contributed by atoms with E-state index in [-0.39, 0.29) is 11.7 Å². The zero-order valence-electron chi connectivity index (χ0n) is 9.13. The van der Waals surface area contributed by atoms with Crippen LogP contribution in [-0.2, 0) is 0 Å². The number of rotatable bonds is 3. The Kier molecular flexibility index (Phi) is 3.10. The first-order valence-electron chi connectivity index (χ1n) is 5.28. The third-order valence-electron chi connectivity index (χ3n) is 2.64. The zero-order valence-corrected chi connectivity index (χ0v) is 9.13. The Morgan fingerprint density at radius 3 is 2.50 bits per heavy atom. The molecule has 2 nitrogen and oxygen atoms in total. The molecule has 0 radical (unpaired) electrons. The fourth-order valence-electron chi connectivity index (χ4n) is 1.65. The van der Waals surface area contributed by atoms with Gasteiger partial charge in [-0.15, -0.1) is 0 Å². The molecule has 0 amide bonds. The van der Waals surface area contributed by atoms with Crippen molar-refractivity contribution in [2.75, 3.05) is 0 Å². The Labute approximate surface area is 95.0 Å². The van der Waals surface area contributed by atoms with E-state index in [0.717, 1.165) is 5.56 Å². The molecule has 1 heterocycles. The molecular formula is C14H13NO. The van der Waals surface area contributed by atoms with Gasteiger partial charge in [-0.25, -0.2) is 0 Å². The van der Waals surface area contributed by atoms with Gasteiger partial charge in [-0.1, -0.05) is 37.3 Å². The summed E-state index contributed by atoms with van der Waals surface area (Å²) in [6.07, 6.45) is 3.28. The van der Waals surface area contributed by atoms with Gasteiger partial charge in [0.15, 0.2) is 5.78 Å². The van der Waals surface area contributed by atoms with Gasteiger partial charge < -0.3 is 0 Å². The predicted octanol–water partition coefficient (Wildman–Crippen LogP) is 3.07. The molecule has 0 saturated heterocycles. The van der Waals surface area contributed by atoms with Crippen LogP contribution < -0.4 is 0 Å². The van der Waals surface area contributed by atoms with Crippen LogP contribution in [0.1, 0.15) is 28.8 Å². The number of ketones is 1. The summed E-state index contributed by atoms with van der Waals surface area (Å²) in [6.45, 7) is 1.92. The first kappa shape index (κ1) is 10.6. The van der Waals surface area contributed by atoms with Crippen molar-refractivity contribution in [2.45, 2.75) is 12.8 Å². The Morgan fingerprint density at radius 2 is 1.88 bits per heavy atom. The molecule has 2 heteroatoms. The number of hydrogen-bond acceptors (Lipinski definition) is 2. The minimum absolute atomic E-state index is 0.110. The van der Waals surface area contributed by atoms with Crippen LogP contribution in [0.15, 0.2) is 54.9 Å². The van der Waals surface area contributed by atoms with E-state index in [1.54, 1.807) is 24.5 Å². The third-order valence-corrected chi connectivity index (χ3v) is 2.64. The molecule has 16 heavy (non-hydrogen) atoms. The van der Waals surface area contributed by atoms with Gasteiger partial charge in [-0.3, -0.25) is 9.78 Å². The number of hydrogen-bond donors (Lipinski definition) is 0. The maximum atomic E-state index is 12.1. The van der Waals surface area contributed by atoms with E-state index in [2.05, 4.69) is 4.98 Å². The molecule has 0 fully saturated rings. The van der Waals surface area contributed by atoms with Crippen LogP contribution in [0.25, 0.3) is 0 Å². The highest BCUT2D eigenvalue weighted by Crippen LogP contribution is 2.19. The van der Waals surface area contributed by atoms with Crippen molar-refractivity contribution in [3.05, 3.63) is 66.0 Å². The molecule has 1 atom stereocenters. The average molecular weight is 211 g/mol. The van der Waals surface area contributed by atoms with E-state index in [9.17, 15) is 4.79 Å². The highest BCUT2D eigenvalue weighted by molar-refractivity contribution is 6.00. The van der Waals surface area contributed by atoms with Gasteiger partial charge in [-0.2, -0.15) is 0 Å². The minimum atomic E-state index is -0.120. The number of Topliss-reactive ketones (excluding diaryl/α,β-unsaturated/α-hetero) is 1. The Bertz CT molecular complexity index is 465. The topological polar surface area (TPSA) is 30.0 Å². The lowest BCUT2D eigenvalue weighted by molar-refractivity contribution is 0.0966. The van der Waals surface area contributed by atoms with E-state index in [1.165, 1.54) is 0 Å². The van der Waals surface area contributed by atoms with E-state index >= 15 is 0 Å². The van der Waals surface area contributed by atoms with Crippen LogP contribution in [0.4, 0.5) is 0 Å². The van der Waals surface area contributed by atoms with Crippen molar-refractivity contribution < 1.29 is 4.79 Å². The molecule has 2 aromatic rings. The number of nitrogens with zero attached hydrogens (tertiary/aromatic N) is 1. The molecule has 0 saturated carbocycles. The monoisotopic (exact) mass is 211 g/mol. The fourth-order valence-corrected chi connectivity index (χ4v) is 1.65. The van der Waals surface area contributed by atoms with Gasteiger partial charge in [0.25, 0.3) is 0 Å². The van der Waals surface area contributed by atoms with Crippen LogP contribution in [0.3, 0.4) is 0 Å². The second kappa shape index (κ2) is 4.71. The standard InChI is InChI=1S/C14H13NO/c1-11(12-6-3-2-4-7-12)14(16)13-8-5-9-15-10-13/h2-11H,1H3/t11-/m1/s1. The molecule has 2 rings (SSSR count). The van der Waals surface area contributed by atoms with Crippen molar-refractivity contribution in [2.24, 2.45) is 0 Å². The number of benzene rings is 1. The van der Waals surface area contributed by atoms with Crippen molar-refractivity contribution in [1.29, 1.82) is 0 Å². The lowest BCUT2D eigenvalue weighted by Gasteiger charge is -2.10. The van der Waals surface area contributed by atoms with Crippen LogP contribution in [0.5, 0.6) is 0 Å². The number of carbonyl (C=O) groups excluding carboxylic acids is 1. The summed E-state index contributed by atoms with van der Waals surface area (Å²) in [6, 6.07) is 13.4. The molecule has 0 bridgehead atoms. The van der Waals surface area contributed by atoms with Crippen LogP contribution in [0, 0.1) is 0 Å². The summed E-state index contributed by atoms with van der Waals surface area (Å²) in [7, 11) is 0. The van der Waals surface area contributed by atoms with Crippen molar-refractivity contribution in [3.8, 4) is 0 Å². The van der Waals surface area contributed by atoms with E-state index in [4.69, 9.17) is 0 Å². The molecule has 0 aliphatic heterocycles. The fraction of sp³-hybridized carbons (Fsp3) is 0.143. The zero-order chi connectivity index (χ0) is 11.4. The van der Waals surface area contributed by atoms with Gasteiger partial charge in [0.2, 0.25) is 0 Å². The van der Waals surface area contributed by atoms with Gasteiger partial charge in [-0.05, 0) is 17.7 Å². The van der Waals surface area contributed by atoms with Crippen LogP contribution in [0.2, 0.25) is 0 Å². The number of pyridine rings is 1. The summed E-state index contributed by atoms with van der Waals surface area (Å²) < 4.78 is 0. The largest absolute Gasteiger partial charge is 0.293 e. The van der Waals surface area contributed by atoms with Crippen LogP contribution in [-0.4, -0.2) is 10.8 Å². The van der Waals surface area contributed by atoms with Gasteiger partial charge in [0.05, 0.1) is 0 Å². The van der Waals surface area contributed by atoms with Crippen molar-refractivity contribution in [3.63, 3.8) is 0 Å². The number of aromatic nitrogens is 1. The SMILES string of the molecule is C[C@@H](C(=O)c1cccnc1)c1ccccc1. The molecule has 0 aliphatic carbocycles. The molecule has 0 unspecified atom stereocenters. The van der Waals surface area contributed by atoms with Gasteiger partial charge in [0.1, 0.15) is 0 Å². The third kappa shape index (κ3) is 2.16. The maximum Gasteiger partial charge on any atom is 0.171 e. The first-order chi connectivity index (χ1) is 7.79.